The van der Waals surface area contributed by atoms with Gasteiger partial charge in [0.2, 0.25) is 5.95 Å². The van der Waals surface area contributed by atoms with Crippen LogP contribution in [0.1, 0.15) is 23.3 Å². The molecule has 1 N–H and O–H groups in total. The maximum Gasteiger partial charge on any atom is 0.276 e. The van der Waals surface area contributed by atoms with Gasteiger partial charge in [-0.3, -0.25) is 9.78 Å². The number of ether oxygens (including phenoxy) is 1. The summed E-state index contributed by atoms with van der Waals surface area (Å²) in [6, 6.07) is 7.22. The zero-order valence-corrected chi connectivity index (χ0v) is 15.5. The van der Waals surface area contributed by atoms with E-state index >= 15 is 0 Å². The molecule has 0 atom stereocenters. The molecule has 0 bridgehead atoms. The Morgan fingerprint density at radius 3 is 2.81 bits per heavy atom. The molecule has 1 fully saturated rings. The number of nitrogens with zero attached hydrogens (tertiary/aromatic N) is 4. The third-order valence-corrected chi connectivity index (χ3v) is 4.81. The van der Waals surface area contributed by atoms with Crippen LogP contribution in [-0.2, 0) is 0 Å². The van der Waals surface area contributed by atoms with Crippen LogP contribution in [0.4, 0.5) is 11.6 Å². The summed E-state index contributed by atoms with van der Waals surface area (Å²) >= 11 is 6.19. The summed E-state index contributed by atoms with van der Waals surface area (Å²) < 4.78 is 5.34. The van der Waals surface area contributed by atoms with Gasteiger partial charge >= 0.3 is 0 Å². The van der Waals surface area contributed by atoms with Crippen LogP contribution in [0.3, 0.4) is 0 Å². The average Bonchev–Trinajstić information content (AvgIpc) is 3.23. The maximum absolute atomic E-state index is 12.8. The van der Waals surface area contributed by atoms with Crippen LogP contribution >= 0.6 is 11.6 Å². The number of anilines is 2. The summed E-state index contributed by atoms with van der Waals surface area (Å²) in [5.74, 6) is 0.779. The van der Waals surface area contributed by atoms with Crippen molar-refractivity contribution in [2.75, 3.05) is 30.4 Å². The van der Waals surface area contributed by atoms with Crippen molar-refractivity contribution in [1.29, 1.82) is 0 Å². The van der Waals surface area contributed by atoms with E-state index < -0.39 is 5.91 Å². The number of hydrogen-bond donors (Lipinski definition) is 1. The highest BCUT2D eigenvalue weighted by atomic mass is 35.5. The number of carbonyl (C=O) groups is 1. The van der Waals surface area contributed by atoms with Gasteiger partial charge in [0.15, 0.2) is 5.69 Å². The molecule has 0 saturated carbocycles. The highest BCUT2D eigenvalue weighted by molar-refractivity contribution is 6.34. The SMILES string of the molecule is COc1ccc(NC(=O)c2nc(N3CCCC3)ncc2Cl)c2cccnc12. The molecule has 0 radical (unpaired) electrons. The molecule has 1 saturated heterocycles. The number of aromatic nitrogens is 3. The summed E-state index contributed by atoms with van der Waals surface area (Å²) in [6.45, 7) is 1.77. The second kappa shape index (κ2) is 7.36. The second-order valence-corrected chi connectivity index (χ2v) is 6.64. The summed E-state index contributed by atoms with van der Waals surface area (Å²) in [5, 5.41) is 3.87. The number of hydrogen-bond acceptors (Lipinski definition) is 6. The Kier molecular flexibility index (Phi) is 4.77. The fraction of sp³-hybridized carbons (Fsp3) is 0.263. The van der Waals surface area contributed by atoms with Crippen LogP contribution in [0.5, 0.6) is 5.75 Å². The van der Waals surface area contributed by atoms with Gasteiger partial charge in [0.05, 0.1) is 24.0 Å². The van der Waals surface area contributed by atoms with E-state index in [1.54, 1.807) is 31.5 Å². The van der Waals surface area contributed by atoms with Crippen molar-refractivity contribution in [2.45, 2.75) is 12.8 Å². The fourth-order valence-corrected chi connectivity index (χ4v) is 3.37. The van der Waals surface area contributed by atoms with Gasteiger partial charge in [-0.05, 0) is 37.1 Å². The number of benzene rings is 1. The summed E-state index contributed by atoms with van der Waals surface area (Å²) in [6.07, 6.45) is 5.35. The van der Waals surface area contributed by atoms with E-state index in [4.69, 9.17) is 16.3 Å². The maximum atomic E-state index is 12.8. The number of amides is 1. The van der Waals surface area contributed by atoms with E-state index in [1.165, 1.54) is 6.20 Å². The van der Waals surface area contributed by atoms with Crippen LogP contribution in [0, 0.1) is 0 Å². The lowest BCUT2D eigenvalue weighted by molar-refractivity contribution is 0.102. The van der Waals surface area contributed by atoms with Crippen molar-refractivity contribution in [2.24, 2.45) is 0 Å². The van der Waals surface area contributed by atoms with E-state index in [1.807, 2.05) is 6.07 Å². The molecule has 7 nitrogen and oxygen atoms in total. The van der Waals surface area contributed by atoms with Crippen molar-refractivity contribution in [3.8, 4) is 5.75 Å². The highest BCUT2D eigenvalue weighted by Crippen LogP contribution is 2.30. The first-order valence-electron chi connectivity index (χ1n) is 8.68. The smallest absolute Gasteiger partial charge is 0.276 e. The number of halogens is 1. The van der Waals surface area contributed by atoms with Gasteiger partial charge < -0.3 is 15.0 Å². The molecule has 27 heavy (non-hydrogen) atoms. The van der Waals surface area contributed by atoms with Gasteiger partial charge in [-0.1, -0.05) is 11.6 Å². The molecule has 4 rings (SSSR count). The number of pyridine rings is 1. The lowest BCUT2D eigenvalue weighted by Gasteiger charge is -2.16. The Balaban J connectivity index is 1.67. The third kappa shape index (κ3) is 3.38. The molecule has 0 unspecified atom stereocenters. The van der Waals surface area contributed by atoms with Gasteiger partial charge in [-0.2, -0.15) is 0 Å². The number of carbonyl (C=O) groups excluding carboxylic acids is 1. The lowest BCUT2D eigenvalue weighted by Crippen LogP contribution is -2.23. The molecule has 1 aliphatic heterocycles. The molecule has 3 aromatic rings. The van der Waals surface area contributed by atoms with Gasteiger partial charge in [0.25, 0.3) is 5.91 Å². The van der Waals surface area contributed by atoms with E-state index in [2.05, 4.69) is 25.2 Å². The zero-order valence-electron chi connectivity index (χ0n) is 14.8. The van der Waals surface area contributed by atoms with Gasteiger partial charge in [0.1, 0.15) is 11.3 Å². The Hall–Kier alpha value is -2.93. The van der Waals surface area contributed by atoms with Gasteiger partial charge in [0, 0.05) is 24.7 Å². The molecule has 1 aromatic carbocycles. The normalized spacial score (nSPS) is 13.8. The monoisotopic (exact) mass is 383 g/mol. The molecular formula is C19H18ClN5O2. The topological polar surface area (TPSA) is 80.2 Å². The number of rotatable bonds is 4. The van der Waals surface area contributed by atoms with Crippen molar-refractivity contribution in [1.82, 2.24) is 15.0 Å². The molecule has 138 valence electrons. The number of methoxy groups -OCH3 is 1. The average molecular weight is 384 g/mol. The van der Waals surface area contributed by atoms with Crippen LogP contribution < -0.4 is 15.0 Å². The molecule has 1 aliphatic rings. The summed E-state index contributed by atoms with van der Waals surface area (Å²) in [5.41, 5.74) is 1.44. The Bertz CT molecular complexity index is 1000. The Morgan fingerprint density at radius 2 is 2.04 bits per heavy atom. The van der Waals surface area contributed by atoms with Crippen molar-refractivity contribution in [3.05, 3.63) is 47.4 Å². The van der Waals surface area contributed by atoms with Crippen LogP contribution in [0.25, 0.3) is 10.9 Å². The number of nitrogens with one attached hydrogen (secondary N) is 1. The Morgan fingerprint density at radius 1 is 1.22 bits per heavy atom. The minimum absolute atomic E-state index is 0.154. The molecule has 3 heterocycles. The quantitative estimate of drug-likeness (QED) is 0.742. The lowest BCUT2D eigenvalue weighted by atomic mass is 10.1. The van der Waals surface area contributed by atoms with E-state index in [0.717, 1.165) is 31.3 Å². The van der Waals surface area contributed by atoms with Crippen LogP contribution in [0.2, 0.25) is 5.02 Å². The summed E-state index contributed by atoms with van der Waals surface area (Å²) in [7, 11) is 1.59. The predicted octanol–water partition coefficient (Wildman–Crippen LogP) is 3.54. The first-order chi connectivity index (χ1) is 13.2. The van der Waals surface area contributed by atoms with Crippen molar-refractivity contribution >= 4 is 40.0 Å². The molecule has 8 heteroatoms. The highest BCUT2D eigenvalue weighted by Gasteiger charge is 2.20. The largest absolute Gasteiger partial charge is 0.494 e. The first-order valence-corrected chi connectivity index (χ1v) is 9.06. The number of fused-ring (bicyclic) bond motifs is 1. The van der Waals surface area contributed by atoms with E-state index in [0.29, 0.717) is 22.9 Å². The first kappa shape index (κ1) is 17.5. The van der Waals surface area contributed by atoms with Gasteiger partial charge in [-0.25, -0.2) is 9.97 Å². The molecule has 2 aromatic heterocycles. The zero-order chi connectivity index (χ0) is 18.8. The summed E-state index contributed by atoms with van der Waals surface area (Å²) in [4.78, 5) is 27.9. The predicted molar refractivity (Wildman–Crippen MR) is 105 cm³/mol. The van der Waals surface area contributed by atoms with E-state index in [9.17, 15) is 4.79 Å². The minimum Gasteiger partial charge on any atom is -0.494 e. The molecular weight excluding hydrogens is 366 g/mol. The molecule has 0 spiro atoms. The van der Waals surface area contributed by atoms with Crippen molar-refractivity contribution < 1.29 is 9.53 Å². The molecule has 0 aliphatic carbocycles. The van der Waals surface area contributed by atoms with Gasteiger partial charge in [-0.15, -0.1) is 0 Å². The van der Waals surface area contributed by atoms with Crippen molar-refractivity contribution in [3.63, 3.8) is 0 Å². The standard InChI is InChI=1S/C19H18ClN5O2/c1-27-15-7-6-14(12-5-4-8-21-16(12)15)23-18(26)17-13(20)11-22-19(24-17)25-9-2-3-10-25/h4-8,11H,2-3,9-10H2,1H3,(H,23,26). The van der Waals surface area contributed by atoms with Crippen LogP contribution in [0.15, 0.2) is 36.7 Å². The fourth-order valence-electron chi connectivity index (χ4n) is 3.19. The van der Waals surface area contributed by atoms with E-state index in [-0.39, 0.29) is 10.7 Å². The molecule has 1 amide bonds. The minimum atomic E-state index is -0.391. The Labute approximate surface area is 161 Å². The second-order valence-electron chi connectivity index (χ2n) is 6.23. The van der Waals surface area contributed by atoms with Crippen LogP contribution in [-0.4, -0.2) is 41.1 Å². The third-order valence-electron chi connectivity index (χ3n) is 4.54.